The molecule has 0 aliphatic rings. The van der Waals surface area contributed by atoms with Crippen LogP contribution in [-0.2, 0) is 4.74 Å². The fraction of sp³-hybridized carbons (Fsp3) is 0.467. The van der Waals surface area contributed by atoms with E-state index in [2.05, 4.69) is 5.32 Å². The average Bonchev–Trinajstić information content (AvgIpc) is 2.42. The van der Waals surface area contributed by atoms with Gasteiger partial charge in [0.2, 0.25) is 0 Å². The number of rotatable bonds is 5. The van der Waals surface area contributed by atoms with Crippen LogP contribution in [-0.4, -0.2) is 40.8 Å². The van der Waals surface area contributed by atoms with Gasteiger partial charge < -0.3 is 20.3 Å². The van der Waals surface area contributed by atoms with Gasteiger partial charge in [-0.25, -0.2) is 4.79 Å². The van der Waals surface area contributed by atoms with Gasteiger partial charge in [0.15, 0.2) is 6.29 Å². The molecule has 122 valence electrons. The minimum absolute atomic E-state index is 0.199. The molecular formula is C15H20ClNO5. The van der Waals surface area contributed by atoms with E-state index in [1.165, 1.54) is 18.2 Å². The Bertz CT molecular complexity index is 541. The van der Waals surface area contributed by atoms with Gasteiger partial charge in [0, 0.05) is 12.1 Å². The minimum Gasteiger partial charge on any atom is -0.444 e. The van der Waals surface area contributed by atoms with Crippen LogP contribution < -0.4 is 5.32 Å². The van der Waals surface area contributed by atoms with E-state index in [0.29, 0.717) is 11.8 Å². The normalized spacial score (nSPS) is 14.1. The number of hydrogen-bond acceptors (Lipinski definition) is 5. The highest BCUT2D eigenvalue weighted by Crippen LogP contribution is 2.22. The fourth-order valence-corrected chi connectivity index (χ4v) is 1.83. The molecule has 0 aromatic heterocycles. The Morgan fingerprint density at radius 2 is 2.05 bits per heavy atom. The summed E-state index contributed by atoms with van der Waals surface area (Å²) >= 11 is 5.80. The summed E-state index contributed by atoms with van der Waals surface area (Å²) in [6.07, 6.45) is -2.66. The van der Waals surface area contributed by atoms with Gasteiger partial charge >= 0.3 is 6.09 Å². The number of carbonyl (C=O) groups is 2. The number of amides is 1. The Labute approximate surface area is 134 Å². The highest BCUT2D eigenvalue weighted by atomic mass is 35.5. The smallest absolute Gasteiger partial charge is 0.407 e. The number of alkyl carbamates (subject to hydrolysis) is 1. The lowest BCUT2D eigenvalue weighted by Crippen LogP contribution is -2.38. The average molecular weight is 330 g/mol. The third-order valence-corrected chi connectivity index (χ3v) is 3.05. The first-order valence-electron chi connectivity index (χ1n) is 6.71. The molecule has 1 aromatic rings. The lowest BCUT2D eigenvalue weighted by molar-refractivity contribution is 0.0129. The number of carbonyl (C=O) groups excluding carboxylic acids is 2. The second kappa shape index (κ2) is 7.58. The Morgan fingerprint density at radius 1 is 1.41 bits per heavy atom. The van der Waals surface area contributed by atoms with Gasteiger partial charge in [0.1, 0.15) is 17.8 Å². The van der Waals surface area contributed by atoms with Gasteiger partial charge in [0.05, 0.1) is 5.02 Å². The first-order valence-corrected chi connectivity index (χ1v) is 7.09. The number of hydrogen-bond donors (Lipinski definition) is 3. The zero-order valence-electron chi connectivity index (χ0n) is 12.7. The van der Waals surface area contributed by atoms with Crippen molar-refractivity contribution in [2.24, 2.45) is 0 Å². The molecule has 0 fully saturated rings. The molecule has 1 rings (SSSR count). The van der Waals surface area contributed by atoms with Gasteiger partial charge in [-0.15, -0.1) is 0 Å². The maximum Gasteiger partial charge on any atom is 0.407 e. The largest absolute Gasteiger partial charge is 0.444 e. The van der Waals surface area contributed by atoms with E-state index in [0.717, 1.165) is 0 Å². The summed E-state index contributed by atoms with van der Waals surface area (Å²) in [6, 6.07) is 4.34. The summed E-state index contributed by atoms with van der Waals surface area (Å²) in [5.74, 6) is 0. The third-order valence-electron chi connectivity index (χ3n) is 2.71. The molecule has 2 unspecified atom stereocenters. The summed E-state index contributed by atoms with van der Waals surface area (Å²) in [5.41, 5.74) is -0.113. The Kier molecular flexibility index (Phi) is 6.34. The van der Waals surface area contributed by atoms with Crippen LogP contribution in [0, 0.1) is 0 Å². The SMILES string of the molecule is CC(C)(C)OC(=O)NCC(O)C(O)c1ccc(Cl)c(C=O)c1. The minimum atomic E-state index is -1.27. The molecule has 0 bridgehead atoms. The molecule has 0 saturated carbocycles. The van der Waals surface area contributed by atoms with Crippen molar-refractivity contribution in [3.05, 3.63) is 34.3 Å². The second-order valence-corrected chi connectivity index (χ2v) is 6.20. The zero-order valence-corrected chi connectivity index (χ0v) is 13.4. The Morgan fingerprint density at radius 3 is 2.59 bits per heavy atom. The fourth-order valence-electron chi connectivity index (χ4n) is 1.67. The Balaban J connectivity index is 2.63. The van der Waals surface area contributed by atoms with E-state index in [1.54, 1.807) is 20.8 Å². The molecule has 0 aliphatic heterocycles. The number of nitrogens with one attached hydrogen (secondary N) is 1. The molecule has 0 aliphatic carbocycles. The van der Waals surface area contributed by atoms with E-state index >= 15 is 0 Å². The summed E-state index contributed by atoms with van der Waals surface area (Å²) < 4.78 is 5.02. The standard InChI is InChI=1S/C15H20ClNO5/c1-15(2,3)22-14(21)17-7-12(19)13(20)9-4-5-11(16)10(6-9)8-18/h4-6,8,12-13,19-20H,7H2,1-3H3,(H,17,21). The summed E-state index contributed by atoms with van der Waals surface area (Å²) in [4.78, 5) is 22.3. The summed E-state index contributed by atoms with van der Waals surface area (Å²) in [5, 5.41) is 22.6. The molecule has 0 saturated heterocycles. The van der Waals surface area contributed by atoms with Crippen molar-refractivity contribution in [2.45, 2.75) is 38.6 Å². The molecule has 1 amide bonds. The summed E-state index contributed by atoms with van der Waals surface area (Å²) in [6.45, 7) is 4.95. The highest BCUT2D eigenvalue weighted by Gasteiger charge is 2.22. The van der Waals surface area contributed by atoms with Crippen LogP contribution in [0.15, 0.2) is 18.2 Å². The topological polar surface area (TPSA) is 95.9 Å². The summed E-state index contributed by atoms with van der Waals surface area (Å²) in [7, 11) is 0. The van der Waals surface area contributed by atoms with Crippen molar-refractivity contribution >= 4 is 24.0 Å². The molecule has 7 heteroatoms. The predicted molar refractivity (Wildman–Crippen MR) is 82.0 cm³/mol. The van der Waals surface area contributed by atoms with Crippen LogP contribution >= 0.6 is 11.6 Å². The molecule has 3 N–H and O–H groups in total. The van der Waals surface area contributed by atoms with Crippen LogP contribution in [0.4, 0.5) is 4.79 Å². The number of aliphatic hydroxyl groups excluding tert-OH is 2. The molecule has 0 radical (unpaired) electrons. The van der Waals surface area contributed by atoms with Crippen molar-refractivity contribution in [1.82, 2.24) is 5.32 Å². The van der Waals surface area contributed by atoms with E-state index in [-0.39, 0.29) is 17.1 Å². The molecule has 0 spiro atoms. The third kappa shape index (κ3) is 5.63. The molecule has 1 aromatic carbocycles. The van der Waals surface area contributed by atoms with Crippen LogP contribution in [0.1, 0.15) is 42.8 Å². The maximum absolute atomic E-state index is 11.5. The molecule has 6 nitrogen and oxygen atoms in total. The number of aldehydes is 1. The van der Waals surface area contributed by atoms with Crippen LogP contribution in [0.5, 0.6) is 0 Å². The number of benzene rings is 1. The van der Waals surface area contributed by atoms with Gasteiger partial charge in [-0.05, 0) is 38.5 Å². The molecule has 22 heavy (non-hydrogen) atoms. The predicted octanol–water partition coefficient (Wildman–Crippen LogP) is 2.07. The van der Waals surface area contributed by atoms with Crippen molar-refractivity contribution in [2.75, 3.05) is 6.54 Å². The van der Waals surface area contributed by atoms with Gasteiger partial charge in [-0.3, -0.25) is 4.79 Å². The van der Waals surface area contributed by atoms with E-state index < -0.39 is 23.9 Å². The van der Waals surface area contributed by atoms with E-state index in [1.807, 2.05) is 0 Å². The number of aliphatic hydroxyl groups is 2. The van der Waals surface area contributed by atoms with Crippen LogP contribution in [0.25, 0.3) is 0 Å². The van der Waals surface area contributed by atoms with Gasteiger partial charge in [0.25, 0.3) is 0 Å². The Hall–Kier alpha value is -1.63. The van der Waals surface area contributed by atoms with Crippen LogP contribution in [0.2, 0.25) is 5.02 Å². The molecular weight excluding hydrogens is 310 g/mol. The first-order chi connectivity index (χ1) is 10.1. The van der Waals surface area contributed by atoms with Gasteiger partial charge in [-0.2, -0.15) is 0 Å². The maximum atomic E-state index is 11.5. The lowest BCUT2D eigenvalue weighted by Gasteiger charge is -2.22. The molecule has 2 atom stereocenters. The van der Waals surface area contributed by atoms with Crippen LogP contribution in [0.3, 0.4) is 0 Å². The van der Waals surface area contributed by atoms with Gasteiger partial charge in [-0.1, -0.05) is 17.7 Å². The lowest BCUT2D eigenvalue weighted by atomic mass is 10.0. The first kappa shape index (κ1) is 18.4. The van der Waals surface area contributed by atoms with Crippen molar-refractivity contribution < 1.29 is 24.5 Å². The monoisotopic (exact) mass is 329 g/mol. The van der Waals surface area contributed by atoms with Crippen molar-refractivity contribution in [3.8, 4) is 0 Å². The molecule has 0 heterocycles. The highest BCUT2D eigenvalue weighted by molar-refractivity contribution is 6.32. The quantitative estimate of drug-likeness (QED) is 0.719. The van der Waals surface area contributed by atoms with E-state index in [9.17, 15) is 19.8 Å². The second-order valence-electron chi connectivity index (χ2n) is 5.79. The van der Waals surface area contributed by atoms with Crippen molar-refractivity contribution in [1.29, 1.82) is 0 Å². The zero-order chi connectivity index (χ0) is 16.9. The number of ether oxygens (including phenoxy) is 1. The van der Waals surface area contributed by atoms with E-state index in [4.69, 9.17) is 16.3 Å². The van der Waals surface area contributed by atoms with Crippen molar-refractivity contribution in [3.63, 3.8) is 0 Å². The number of halogens is 1.